The molecule has 0 bridgehead atoms. The van der Waals surface area contributed by atoms with Crippen LogP contribution < -0.4 is 16.2 Å². The molecule has 1 fully saturated rings. The zero-order valence-corrected chi connectivity index (χ0v) is 16.1. The van der Waals surface area contributed by atoms with E-state index >= 15 is 0 Å². The molecular weight excluding hydrogens is 362 g/mol. The van der Waals surface area contributed by atoms with Gasteiger partial charge in [0.05, 0.1) is 30.7 Å². The molecule has 1 amide bonds. The second-order valence-corrected chi connectivity index (χ2v) is 6.66. The predicted octanol–water partition coefficient (Wildman–Crippen LogP) is -0.524. The number of fused-ring (bicyclic) bond motifs is 1. The largest absolute Gasteiger partial charge is 0.383 e. The number of H-pyrrole nitrogens is 1. The lowest BCUT2D eigenvalue weighted by Gasteiger charge is -2.31. The Balaban J connectivity index is 1.51. The van der Waals surface area contributed by atoms with Crippen molar-refractivity contribution < 1.29 is 14.3 Å². The highest BCUT2D eigenvalue weighted by Gasteiger charge is 2.26. The highest BCUT2D eigenvalue weighted by Crippen LogP contribution is 2.10. The Morgan fingerprint density at radius 2 is 2.21 bits per heavy atom. The molecule has 1 aromatic heterocycles. The number of amides is 1. The van der Waals surface area contributed by atoms with Crippen LogP contribution in [-0.4, -0.2) is 79.9 Å². The molecule has 9 heteroatoms. The fourth-order valence-corrected chi connectivity index (χ4v) is 3.11. The standard InChI is InChI=1S/C19H27N5O4/c1-27-10-8-20-6-7-21-19(26)16-12-24(9-11-28-16)13-17-22-15-5-3-2-4-14(15)18(25)23-17/h2-5,16,20H,6-13H2,1H3,(H,21,26)(H,22,23,25). The summed E-state index contributed by atoms with van der Waals surface area (Å²) in [5, 5.41) is 6.63. The van der Waals surface area contributed by atoms with Crippen molar-refractivity contribution in [1.29, 1.82) is 0 Å². The average Bonchev–Trinajstić information content (AvgIpc) is 2.71. The van der Waals surface area contributed by atoms with E-state index in [2.05, 4.69) is 25.5 Å². The van der Waals surface area contributed by atoms with Crippen LogP contribution >= 0.6 is 0 Å². The van der Waals surface area contributed by atoms with Crippen molar-refractivity contribution in [2.24, 2.45) is 0 Å². The molecule has 2 aromatic rings. The number of rotatable bonds is 9. The van der Waals surface area contributed by atoms with E-state index in [4.69, 9.17) is 9.47 Å². The van der Waals surface area contributed by atoms with E-state index in [0.29, 0.717) is 62.7 Å². The molecule has 0 spiro atoms. The van der Waals surface area contributed by atoms with Crippen molar-refractivity contribution in [2.45, 2.75) is 12.6 Å². The topological polar surface area (TPSA) is 109 Å². The molecule has 1 atom stereocenters. The van der Waals surface area contributed by atoms with E-state index in [9.17, 15) is 9.59 Å². The van der Waals surface area contributed by atoms with Crippen LogP contribution in [0.15, 0.2) is 29.1 Å². The Morgan fingerprint density at radius 3 is 3.07 bits per heavy atom. The third-order valence-corrected chi connectivity index (χ3v) is 4.56. The van der Waals surface area contributed by atoms with Crippen LogP contribution in [0.2, 0.25) is 0 Å². The minimum absolute atomic E-state index is 0.127. The summed E-state index contributed by atoms with van der Waals surface area (Å²) < 4.78 is 10.6. The van der Waals surface area contributed by atoms with Gasteiger partial charge in [0.2, 0.25) is 0 Å². The molecule has 0 aliphatic carbocycles. The summed E-state index contributed by atoms with van der Waals surface area (Å²) in [6, 6.07) is 7.25. The Kier molecular flexibility index (Phi) is 7.49. The van der Waals surface area contributed by atoms with Crippen LogP contribution in [0.3, 0.4) is 0 Å². The molecule has 1 aliphatic rings. The van der Waals surface area contributed by atoms with Gasteiger partial charge >= 0.3 is 0 Å². The Morgan fingerprint density at radius 1 is 1.36 bits per heavy atom. The SMILES string of the molecule is COCCNCCNC(=O)C1CN(Cc2nc3ccccc3c(=O)[nH]2)CCO1. The van der Waals surface area contributed by atoms with Gasteiger partial charge in [-0.25, -0.2) is 4.98 Å². The number of carbonyl (C=O) groups is 1. The van der Waals surface area contributed by atoms with Crippen LogP contribution in [0.1, 0.15) is 5.82 Å². The van der Waals surface area contributed by atoms with Gasteiger partial charge in [-0.1, -0.05) is 12.1 Å². The molecule has 3 rings (SSSR count). The van der Waals surface area contributed by atoms with Gasteiger partial charge in [-0.05, 0) is 12.1 Å². The predicted molar refractivity (Wildman–Crippen MR) is 105 cm³/mol. The molecule has 0 radical (unpaired) electrons. The third-order valence-electron chi connectivity index (χ3n) is 4.56. The maximum absolute atomic E-state index is 12.3. The number of morpholine rings is 1. The van der Waals surface area contributed by atoms with Crippen molar-refractivity contribution >= 4 is 16.8 Å². The highest BCUT2D eigenvalue weighted by atomic mass is 16.5. The second kappa shape index (κ2) is 10.3. The average molecular weight is 389 g/mol. The zero-order valence-electron chi connectivity index (χ0n) is 16.1. The van der Waals surface area contributed by atoms with Gasteiger partial charge in [0.15, 0.2) is 0 Å². The number of aromatic amines is 1. The van der Waals surface area contributed by atoms with Crippen LogP contribution in [0.25, 0.3) is 10.9 Å². The Hall–Kier alpha value is -2.33. The maximum atomic E-state index is 12.3. The Bertz CT molecular complexity index is 840. The Labute approximate surface area is 163 Å². The van der Waals surface area contributed by atoms with E-state index in [1.54, 1.807) is 13.2 Å². The summed E-state index contributed by atoms with van der Waals surface area (Å²) >= 11 is 0. The first kappa shape index (κ1) is 20.4. The number of nitrogens with one attached hydrogen (secondary N) is 3. The fraction of sp³-hybridized carbons (Fsp3) is 0.526. The summed E-state index contributed by atoms with van der Waals surface area (Å²) in [4.78, 5) is 34.0. The van der Waals surface area contributed by atoms with E-state index < -0.39 is 6.10 Å². The van der Waals surface area contributed by atoms with Gasteiger partial charge in [-0.15, -0.1) is 0 Å². The lowest BCUT2D eigenvalue weighted by Crippen LogP contribution is -2.50. The lowest BCUT2D eigenvalue weighted by atomic mass is 10.2. The maximum Gasteiger partial charge on any atom is 0.258 e. The van der Waals surface area contributed by atoms with Gasteiger partial charge in [-0.3, -0.25) is 14.5 Å². The number of hydrogen-bond acceptors (Lipinski definition) is 7. The number of para-hydroxylation sites is 1. The number of carbonyl (C=O) groups excluding carboxylic acids is 1. The zero-order chi connectivity index (χ0) is 19.8. The molecule has 3 N–H and O–H groups in total. The van der Waals surface area contributed by atoms with E-state index in [-0.39, 0.29) is 11.5 Å². The summed E-state index contributed by atoms with van der Waals surface area (Å²) in [5.41, 5.74) is 0.522. The summed E-state index contributed by atoms with van der Waals surface area (Å²) in [7, 11) is 1.65. The van der Waals surface area contributed by atoms with E-state index in [1.807, 2.05) is 18.2 Å². The molecule has 9 nitrogen and oxygen atoms in total. The molecule has 152 valence electrons. The first-order valence-electron chi connectivity index (χ1n) is 9.46. The smallest absolute Gasteiger partial charge is 0.258 e. The highest BCUT2D eigenvalue weighted by molar-refractivity contribution is 5.81. The lowest BCUT2D eigenvalue weighted by molar-refractivity contribution is -0.138. The first-order chi connectivity index (χ1) is 13.7. The first-order valence-corrected chi connectivity index (χ1v) is 9.46. The second-order valence-electron chi connectivity index (χ2n) is 6.66. The summed E-state index contributed by atoms with van der Waals surface area (Å²) in [5.74, 6) is 0.463. The quantitative estimate of drug-likeness (QED) is 0.495. The summed E-state index contributed by atoms with van der Waals surface area (Å²) in [6.45, 7) is 4.65. The van der Waals surface area contributed by atoms with Gasteiger partial charge in [0, 0.05) is 39.8 Å². The molecular formula is C19H27N5O4. The van der Waals surface area contributed by atoms with Crippen LogP contribution in [0, 0.1) is 0 Å². The van der Waals surface area contributed by atoms with Crippen molar-refractivity contribution in [3.05, 3.63) is 40.4 Å². The van der Waals surface area contributed by atoms with Crippen molar-refractivity contribution in [3.63, 3.8) is 0 Å². The molecule has 1 saturated heterocycles. The van der Waals surface area contributed by atoms with Gasteiger partial charge in [0.25, 0.3) is 11.5 Å². The molecule has 0 saturated carbocycles. The van der Waals surface area contributed by atoms with Crippen molar-refractivity contribution in [2.75, 3.05) is 53.0 Å². The number of benzene rings is 1. The molecule has 1 aliphatic heterocycles. The number of methoxy groups -OCH3 is 1. The van der Waals surface area contributed by atoms with Crippen LogP contribution in [0.4, 0.5) is 0 Å². The van der Waals surface area contributed by atoms with Crippen molar-refractivity contribution in [3.8, 4) is 0 Å². The molecule has 1 aromatic carbocycles. The minimum atomic E-state index is -0.528. The number of nitrogens with zero attached hydrogens (tertiary/aromatic N) is 2. The minimum Gasteiger partial charge on any atom is -0.383 e. The summed E-state index contributed by atoms with van der Waals surface area (Å²) in [6.07, 6.45) is -0.528. The monoisotopic (exact) mass is 389 g/mol. The van der Waals surface area contributed by atoms with Gasteiger partial charge in [-0.2, -0.15) is 0 Å². The van der Waals surface area contributed by atoms with Gasteiger partial charge < -0.3 is 25.1 Å². The van der Waals surface area contributed by atoms with Crippen molar-refractivity contribution in [1.82, 2.24) is 25.5 Å². The fourth-order valence-electron chi connectivity index (χ4n) is 3.11. The van der Waals surface area contributed by atoms with Gasteiger partial charge in [0.1, 0.15) is 11.9 Å². The van der Waals surface area contributed by atoms with E-state index in [1.165, 1.54) is 0 Å². The van der Waals surface area contributed by atoms with Crippen LogP contribution in [0.5, 0.6) is 0 Å². The number of aromatic nitrogens is 2. The van der Waals surface area contributed by atoms with E-state index in [0.717, 1.165) is 6.54 Å². The molecule has 2 heterocycles. The number of ether oxygens (including phenoxy) is 2. The molecule has 1 unspecified atom stereocenters. The van der Waals surface area contributed by atoms with Crippen LogP contribution in [-0.2, 0) is 20.8 Å². The molecule has 28 heavy (non-hydrogen) atoms. The third kappa shape index (κ3) is 5.59. The normalized spacial score (nSPS) is 17.7. The number of hydrogen-bond donors (Lipinski definition) is 3.